The fourth-order valence-corrected chi connectivity index (χ4v) is 4.86. The van der Waals surface area contributed by atoms with E-state index in [9.17, 15) is 28.8 Å². The van der Waals surface area contributed by atoms with Crippen LogP contribution >= 0.6 is 0 Å². The van der Waals surface area contributed by atoms with Gasteiger partial charge in [0.15, 0.2) is 12.2 Å². The van der Waals surface area contributed by atoms with E-state index in [4.69, 9.17) is 23.7 Å². The maximum atomic E-state index is 12.8. The van der Waals surface area contributed by atoms with Crippen molar-refractivity contribution in [2.45, 2.75) is 115 Å². The van der Waals surface area contributed by atoms with Gasteiger partial charge in [-0.05, 0) is 26.2 Å². The van der Waals surface area contributed by atoms with Crippen LogP contribution in [0.2, 0.25) is 0 Å². The van der Waals surface area contributed by atoms with Gasteiger partial charge >= 0.3 is 18.0 Å². The lowest BCUT2D eigenvalue weighted by molar-refractivity contribution is -0.152. The number of unbranched alkanes of at least 4 members (excludes halogenated alkanes) is 4. The molecule has 0 radical (unpaired) electrons. The maximum Gasteiger partial charge on any atom is 0.414 e. The summed E-state index contributed by atoms with van der Waals surface area (Å²) in [5.74, 6) is -2.83. The molecule has 0 aromatic rings. The molecule has 0 bridgehead atoms. The summed E-state index contributed by atoms with van der Waals surface area (Å²) in [5.41, 5.74) is 0.691. The average Bonchev–Trinajstić information content (AvgIpc) is 3.91. The van der Waals surface area contributed by atoms with Crippen molar-refractivity contribution in [1.82, 2.24) is 10.6 Å². The molecule has 0 saturated carbocycles. The molecule has 2 fully saturated rings. The summed E-state index contributed by atoms with van der Waals surface area (Å²) in [6.07, 6.45) is 10.7. The normalized spacial score (nSPS) is 26.7. The molecule has 46 heavy (non-hydrogen) atoms. The number of esters is 2. The van der Waals surface area contributed by atoms with Crippen molar-refractivity contribution in [3.8, 4) is 0 Å². The van der Waals surface area contributed by atoms with Crippen molar-refractivity contribution in [3.63, 3.8) is 0 Å². The molecular formula is C33H44N2O11. The van der Waals surface area contributed by atoms with Gasteiger partial charge in [-0.15, -0.1) is 0 Å². The zero-order valence-electron chi connectivity index (χ0n) is 26.6. The van der Waals surface area contributed by atoms with Gasteiger partial charge in [0, 0.05) is 31.9 Å². The van der Waals surface area contributed by atoms with E-state index in [0.717, 1.165) is 51.2 Å². The third-order valence-electron chi connectivity index (χ3n) is 7.28. The molecule has 6 unspecified atom stereocenters. The number of rotatable bonds is 12. The van der Waals surface area contributed by atoms with Crippen molar-refractivity contribution in [3.05, 3.63) is 48.1 Å². The summed E-state index contributed by atoms with van der Waals surface area (Å²) in [4.78, 5) is 72.9. The Morgan fingerprint density at radius 2 is 1.78 bits per heavy atom. The number of ether oxygens (including phenoxy) is 5. The molecule has 13 heteroatoms. The molecule has 0 aromatic heterocycles. The van der Waals surface area contributed by atoms with Crippen molar-refractivity contribution in [2.75, 3.05) is 6.61 Å². The molecular weight excluding hydrogens is 600 g/mol. The number of alkyl carbamates (subject to hydrolysis) is 1. The SMILES string of the molecule is CCCCCCCC(=O)OCCC=CC1OC1C1OC(=O)C=CC=CC(=O)NC(=O)CC(C)=CCC2OC2C1OC(=O)NC(C)=O. The number of allylic oxidation sites excluding steroid dienone is 2. The van der Waals surface area contributed by atoms with Crippen LogP contribution in [0.5, 0.6) is 0 Å². The molecule has 2 N–H and O–H groups in total. The number of hydrogen-bond donors (Lipinski definition) is 2. The maximum absolute atomic E-state index is 12.8. The smallest absolute Gasteiger partial charge is 0.414 e. The van der Waals surface area contributed by atoms with Gasteiger partial charge in [-0.1, -0.05) is 68.6 Å². The summed E-state index contributed by atoms with van der Waals surface area (Å²) in [5, 5.41) is 4.28. The van der Waals surface area contributed by atoms with E-state index in [1.165, 1.54) is 12.2 Å². The van der Waals surface area contributed by atoms with Gasteiger partial charge in [-0.3, -0.25) is 29.8 Å². The fraction of sp³-hybridized carbons (Fsp3) is 0.576. The Morgan fingerprint density at radius 1 is 1.02 bits per heavy atom. The monoisotopic (exact) mass is 644 g/mol. The van der Waals surface area contributed by atoms with Gasteiger partial charge in [0.25, 0.3) is 5.91 Å². The summed E-state index contributed by atoms with van der Waals surface area (Å²) in [7, 11) is 0. The first kappa shape index (κ1) is 36.4. The first-order valence-corrected chi connectivity index (χ1v) is 15.7. The Balaban J connectivity index is 1.69. The minimum absolute atomic E-state index is 0.0137. The number of epoxide rings is 2. The summed E-state index contributed by atoms with van der Waals surface area (Å²) in [6.45, 7) is 5.23. The molecule has 13 nitrogen and oxygen atoms in total. The summed E-state index contributed by atoms with van der Waals surface area (Å²) in [6, 6.07) is 0. The Hall–Kier alpha value is -4.10. The van der Waals surface area contributed by atoms with Crippen molar-refractivity contribution in [1.29, 1.82) is 0 Å². The third kappa shape index (κ3) is 13.5. The molecule has 2 saturated heterocycles. The lowest BCUT2D eigenvalue weighted by Crippen LogP contribution is -2.46. The van der Waals surface area contributed by atoms with Gasteiger partial charge in [0.1, 0.15) is 18.3 Å². The molecule has 6 atom stereocenters. The highest BCUT2D eigenvalue weighted by Crippen LogP contribution is 2.39. The molecule has 252 valence electrons. The van der Waals surface area contributed by atoms with Gasteiger partial charge in [0.2, 0.25) is 11.8 Å². The van der Waals surface area contributed by atoms with Gasteiger partial charge in [-0.2, -0.15) is 0 Å². The van der Waals surface area contributed by atoms with Crippen LogP contribution in [0.4, 0.5) is 4.79 Å². The Labute approximate surface area is 268 Å². The number of cyclic esters (lactones) is 1. The van der Waals surface area contributed by atoms with Crippen molar-refractivity contribution >= 4 is 35.8 Å². The summed E-state index contributed by atoms with van der Waals surface area (Å²) < 4.78 is 28.2. The van der Waals surface area contributed by atoms with Gasteiger partial charge in [0.05, 0.1) is 12.7 Å². The van der Waals surface area contributed by atoms with E-state index in [1.54, 1.807) is 25.2 Å². The standard InChI is InChI=1S/C33H44N2O11/c1-4-5-6-7-8-15-27(39)42-19-12-11-13-23-29(43-23)31-32(46-33(41)34-22(3)36)30-24(44-30)18-17-21(2)20-26(38)35-25(37)14-9-10-16-28(40)45-31/h9-11,13-14,16-17,23-24,29-32H,4-8,12,15,18-20H2,1-3H3,(H,34,36,41)(H,35,37,38). The number of nitrogens with one attached hydrogen (secondary N) is 2. The second-order valence-electron chi connectivity index (χ2n) is 11.4. The molecule has 4 amide bonds. The zero-order valence-corrected chi connectivity index (χ0v) is 26.6. The van der Waals surface area contributed by atoms with E-state index in [1.807, 2.05) is 5.32 Å². The first-order chi connectivity index (χ1) is 22.1. The number of amides is 4. The number of carbonyl (C=O) groups excluding carboxylic acids is 6. The number of hydrogen-bond acceptors (Lipinski definition) is 11. The lowest BCUT2D eigenvalue weighted by Gasteiger charge is -2.24. The molecule has 3 rings (SSSR count). The number of imide groups is 2. The fourth-order valence-electron chi connectivity index (χ4n) is 4.86. The van der Waals surface area contributed by atoms with Crippen molar-refractivity contribution < 1.29 is 52.5 Å². The van der Waals surface area contributed by atoms with E-state index in [-0.39, 0.29) is 19.0 Å². The molecule has 0 spiro atoms. The largest absolute Gasteiger partial charge is 0.465 e. The van der Waals surface area contributed by atoms with Crippen molar-refractivity contribution in [2.24, 2.45) is 0 Å². The van der Waals surface area contributed by atoms with Crippen LogP contribution in [0.3, 0.4) is 0 Å². The quantitative estimate of drug-likeness (QED) is 0.0794. The number of fused-ring (bicyclic) bond motifs is 1. The Morgan fingerprint density at radius 3 is 2.54 bits per heavy atom. The van der Waals surface area contributed by atoms with Crippen LogP contribution in [-0.4, -0.2) is 79.0 Å². The van der Waals surface area contributed by atoms with Crippen LogP contribution < -0.4 is 10.6 Å². The number of carbonyl (C=O) groups is 6. The highest BCUT2D eigenvalue weighted by Gasteiger charge is 2.58. The Kier molecular flexibility index (Phi) is 14.8. The molecule has 0 aromatic carbocycles. The molecule has 3 aliphatic heterocycles. The van der Waals surface area contributed by atoms with Crippen LogP contribution in [0, 0.1) is 0 Å². The highest BCUT2D eigenvalue weighted by atomic mass is 16.7. The molecule has 3 aliphatic rings. The highest BCUT2D eigenvalue weighted by molar-refractivity contribution is 6.01. The van der Waals surface area contributed by atoms with Crippen LogP contribution in [0.25, 0.3) is 0 Å². The van der Waals surface area contributed by atoms with Crippen LogP contribution in [-0.2, 0) is 47.7 Å². The van der Waals surface area contributed by atoms with Gasteiger partial charge < -0.3 is 23.7 Å². The van der Waals surface area contributed by atoms with E-state index >= 15 is 0 Å². The Bertz CT molecular complexity index is 1240. The molecule has 3 heterocycles. The molecule has 0 aliphatic carbocycles. The van der Waals surface area contributed by atoms with Crippen LogP contribution in [0.15, 0.2) is 48.1 Å². The minimum atomic E-state index is -1.15. The second-order valence-corrected chi connectivity index (χ2v) is 11.4. The predicted octanol–water partition coefficient (Wildman–Crippen LogP) is 3.42. The second kappa shape index (κ2) is 18.8. The predicted molar refractivity (Wildman–Crippen MR) is 164 cm³/mol. The zero-order chi connectivity index (χ0) is 33.5. The first-order valence-electron chi connectivity index (χ1n) is 15.7. The topological polar surface area (TPSA) is 179 Å². The van der Waals surface area contributed by atoms with Gasteiger partial charge in [-0.25, -0.2) is 9.59 Å². The average molecular weight is 645 g/mol. The lowest BCUT2D eigenvalue weighted by atomic mass is 10.0. The summed E-state index contributed by atoms with van der Waals surface area (Å²) >= 11 is 0. The van der Waals surface area contributed by atoms with E-state index < -0.39 is 66.4 Å². The minimum Gasteiger partial charge on any atom is -0.465 e. The third-order valence-corrected chi connectivity index (χ3v) is 7.28. The van der Waals surface area contributed by atoms with Crippen LogP contribution in [0.1, 0.15) is 78.6 Å². The van der Waals surface area contributed by atoms with E-state index in [2.05, 4.69) is 12.2 Å². The van der Waals surface area contributed by atoms with E-state index in [0.29, 0.717) is 24.8 Å².